The highest BCUT2D eigenvalue weighted by molar-refractivity contribution is 5.85. The molecule has 132 valence electrons. The number of halogens is 1. The van der Waals surface area contributed by atoms with Crippen LogP contribution in [0, 0.1) is 13.8 Å². The molecule has 0 bridgehead atoms. The quantitative estimate of drug-likeness (QED) is 0.831. The van der Waals surface area contributed by atoms with Gasteiger partial charge in [-0.1, -0.05) is 0 Å². The highest BCUT2D eigenvalue weighted by Crippen LogP contribution is 2.21. The van der Waals surface area contributed by atoms with E-state index in [4.69, 9.17) is 0 Å². The van der Waals surface area contributed by atoms with E-state index in [0.29, 0.717) is 17.5 Å². The zero-order valence-corrected chi connectivity index (χ0v) is 15.3. The van der Waals surface area contributed by atoms with Gasteiger partial charge in [0, 0.05) is 38.4 Å². The third-order valence-corrected chi connectivity index (χ3v) is 4.73. The maximum absolute atomic E-state index is 12.7. The lowest BCUT2D eigenvalue weighted by molar-refractivity contribution is -0.133. The van der Waals surface area contributed by atoms with Crippen molar-refractivity contribution in [1.29, 1.82) is 0 Å². The number of aromatic amines is 1. The van der Waals surface area contributed by atoms with Crippen LogP contribution in [0.3, 0.4) is 0 Å². The molecule has 0 spiro atoms. The molecule has 3 rings (SSSR count). The summed E-state index contributed by atoms with van der Waals surface area (Å²) in [6.07, 6.45) is 0.291. The molecule has 7 nitrogen and oxygen atoms in total. The third kappa shape index (κ3) is 3.06. The smallest absolute Gasteiger partial charge is 0.273 e. The molecular weight excluding hydrogens is 330 g/mol. The summed E-state index contributed by atoms with van der Waals surface area (Å²) in [6.45, 7) is 8.21. The van der Waals surface area contributed by atoms with Crippen molar-refractivity contribution in [2.75, 3.05) is 19.6 Å². The van der Waals surface area contributed by atoms with Crippen LogP contribution in [0.2, 0.25) is 0 Å². The Kier molecular flexibility index (Phi) is 5.35. The molecule has 24 heavy (non-hydrogen) atoms. The summed E-state index contributed by atoms with van der Waals surface area (Å²) >= 11 is 0. The number of carbonyl (C=O) groups is 1. The number of pyridine rings is 1. The number of carbonyl (C=O) groups excluding carboxylic acids is 1. The number of nitrogens with zero attached hydrogens (tertiary/aromatic N) is 3. The van der Waals surface area contributed by atoms with E-state index in [2.05, 4.69) is 15.4 Å². The zero-order chi connectivity index (χ0) is 16.7. The third-order valence-electron chi connectivity index (χ3n) is 4.73. The second-order valence-electron chi connectivity index (χ2n) is 6.32. The van der Waals surface area contributed by atoms with Gasteiger partial charge < -0.3 is 10.2 Å². The van der Waals surface area contributed by atoms with E-state index in [1.807, 2.05) is 25.7 Å². The molecule has 0 aromatic carbocycles. The highest BCUT2D eigenvalue weighted by atomic mass is 35.5. The van der Waals surface area contributed by atoms with Crippen LogP contribution in [0.25, 0.3) is 11.0 Å². The Hall–Kier alpha value is -1.86. The lowest BCUT2D eigenvalue weighted by Crippen LogP contribution is -2.52. The first-order valence-corrected chi connectivity index (χ1v) is 7.95. The minimum atomic E-state index is -0.156. The van der Waals surface area contributed by atoms with E-state index in [1.54, 1.807) is 11.7 Å². The number of nitrogens with one attached hydrogen (secondary N) is 2. The second kappa shape index (κ2) is 6.94. The van der Waals surface area contributed by atoms with E-state index in [9.17, 15) is 9.59 Å². The van der Waals surface area contributed by atoms with E-state index < -0.39 is 0 Å². The molecule has 1 atom stereocenters. The van der Waals surface area contributed by atoms with Crippen LogP contribution in [0.1, 0.15) is 23.7 Å². The predicted octanol–water partition coefficient (Wildman–Crippen LogP) is 0.663. The first-order valence-electron chi connectivity index (χ1n) is 7.95. The summed E-state index contributed by atoms with van der Waals surface area (Å²) in [5.74, 6) is 0.0960. The fourth-order valence-corrected chi connectivity index (χ4v) is 3.37. The van der Waals surface area contributed by atoms with Crippen LogP contribution in [0.15, 0.2) is 4.79 Å². The molecular formula is C16H24ClN5O2. The van der Waals surface area contributed by atoms with Gasteiger partial charge in [0.05, 0.1) is 11.8 Å². The second-order valence-corrected chi connectivity index (χ2v) is 6.32. The monoisotopic (exact) mass is 353 g/mol. The van der Waals surface area contributed by atoms with Gasteiger partial charge in [-0.3, -0.25) is 19.4 Å². The molecule has 0 radical (unpaired) electrons. The Morgan fingerprint density at radius 2 is 2.08 bits per heavy atom. The van der Waals surface area contributed by atoms with Crippen LogP contribution in [-0.4, -0.2) is 51.2 Å². The molecule has 2 aromatic rings. The van der Waals surface area contributed by atoms with Gasteiger partial charge in [0.2, 0.25) is 5.91 Å². The topological polar surface area (TPSA) is 83.0 Å². The van der Waals surface area contributed by atoms with Crippen molar-refractivity contribution < 1.29 is 4.79 Å². The summed E-state index contributed by atoms with van der Waals surface area (Å²) in [6, 6.07) is 0.189. The summed E-state index contributed by atoms with van der Waals surface area (Å²) in [7, 11) is 1.77. The average Bonchev–Trinajstić information content (AvgIpc) is 2.78. The molecule has 3 heterocycles. The molecule has 0 aliphatic carbocycles. The average molecular weight is 354 g/mol. The summed E-state index contributed by atoms with van der Waals surface area (Å²) in [5.41, 5.74) is 3.00. The van der Waals surface area contributed by atoms with E-state index >= 15 is 0 Å². The van der Waals surface area contributed by atoms with Crippen molar-refractivity contribution in [2.24, 2.45) is 7.05 Å². The van der Waals surface area contributed by atoms with Crippen LogP contribution in [-0.2, 0) is 18.3 Å². The van der Waals surface area contributed by atoms with Crippen LogP contribution in [0.5, 0.6) is 0 Å². The molecule has 0 saturated carbocycles. The number of hydrogen-bond donors (Lipinski definition) is 2. The Balaban J connectivity index is 0.00000208. The number of piperazine rings is 1. The molecule has 1 aliphatic heterocycles. The summed E-state index contributed by atoms with van der Waals surface area (Å²) in [4.78, 5) is 31.2. The van der Waals surface area contributed by atoms with Crippen LogP contribution in [0.4, 0.5) is 0 Å². The molecule has 2 N–H and O–H groups in total. The van der Waals surface area contributed by atoms with Crippen molar-refractivity contribution in [3.8, 4) is 0 Å². The van der Waals surface area contributed by atoms with Crippen molar-refractivity contribution in [2.45, 2.75) is 33.2 Å². The van der Waals surface area contributed by atoms with E-state index in [-0.39, 0.29) is 29.9 Å². The largest absolute Gasteiger partial charge is 0.337 e. The van der Waals surface area contributed by atoms with Crippen molar-refractivity contribution in [3.63, 3.8) is 0 Å². The molecule has 1 aliphatic rings. The van der Waals surface area contributed by atoms with Gasteiger partial charge in [0.25, 0.3) is 5.56 Å². The van der Waals surface area contributed by atoms with Crippen LogP contribution < -0.4 is 10.9 Å². The number of H-pyrrole nitrogens is 1. The van der Waals surface area contributed by atoms with Gasteiger partial charge in [-0.05, 0) is 31.9 Å². The highest BCUT2D eigenvalue weighted by Gasteiger charge is 2.25. The van der Waals surface area contributed by atoms with Gasteiger partial charge in [-0.2, -0.15) is 0 Å². The first-order chi connectivity index (χ1) is 10.9. The number of fused-ring (bicyclic) bond motifs is 1. The summed E-state index contributed by atoms with van der Waals surface area (Å²) in [5, 5.41) is 6.59. The number of amides is 1. The van der Waals surface area contributed by atoms with Crippen LogP contribution >= 0.6 is 12.4 Å². The molecule has 8 heteroatoms. The zero-order valence-electron chi connectivity index (χ0n) is 14.5. The predicted molar refractivity (Wildman–Crippen MR) is 95.8 cm³/mol. The maximum atomic E-state index is 12.7. The lowest BCUT2D eigenvalue weighted by atomic mass is 10.0. The Morgan fingerprint density at radius 3 is 2.75 bits per heavy atom. The number of rotatable bonds is 2. The molecule has 1 fully saturated rings. The first kappa shape index (κ1) is 18.5. The number of hydrogen-bond acceptors (Lipinski definition) is 4. The standard InChI is InChI=1S/C16H23N5O2.ClH/c1-9-8-17-5-6-21(9)13(22)7-12-10(2)14-15(18-11(12)3)20(4)19-16(14)23;/h9,17H,5-8H2,1-4H3,(H,19,23);1H/t9-;/m0./s1. The Labute approximate surface area is 146 Å². The number of aryl methyl sites for hydroxylation is 3. The van der Waals surface area contributed by atoms with E-state index in [0.717, 1.165) is 36.5 Å². The van der Waals surface area contributed by atoms with Gasteiger partial charge in [0.1, 0.15) is 0 Å². The molecule has 1 amide bonds. The van der Waals surface area contributed by atoms with Crippen molar-refractivity contribution in [1.82, 2.24) is 25.0 Å². The fourth-order valence-electron chi connectivity index (χ4n) is 3.37. The Morgan fingerprint density at radius 1 is 1.38 bits per heavy atom. The fraction of sp³-hybridized carbons (Fsp3) is 0.562. The SMILES string of the molecule is Cc1nc2c(c(C)c1CC(=O)N1CCNC[C@@H]1C)c(=O)[nH]n2C.Cl. The lowest BCUT2D eigenvalue weighted by Gasteiger charge is -2.34. The number of aromatic nitrogens is 3. The minimum absolute atomic E-state index is 0. The van der Waals surface area contributed by atoms with E-state index in [1.165, 1.54) is 0 Å². The van der Waals surface area contributed by atoms with Gasteiger partial charge in [-0.25, -0.2) is 4.98 Å². The maximum Gasteiger partial charge on any atom is 0.273 e. The van der Waals surface area contributed by atoms with Crippen molar-refractivity contribution in [3.05, 3.63) is 27.2 Å². The normalized spacial score (nSPS) is 17.8. The van der Waals surface area contributed by atoms with Gasteiger partial charge >= 0.3 is 0 Å². The minimum Gasteiger partial charge on any atom is -0.337 e. The molecule has 0 unspecified atom stereocenters. The molecule has 1 saturated heterocycles. The molecule has 2 aromatic heterocycles. The van der Waals surface area contributed by atoms with Gasteiger partial charge in [0.15, 0.2) is 5.65 Å². The summed E-state index contributed by atoms with van der Waals surface area (Å²) < 4.78 is 1.63. The van der Waals surface area contributed by atoms with Gasteiger partial charge in [-0.15, -0.1) is 12.4 Å². The Bertz CT molecular complexity index is 826. The van der Waals surface area contributed by atoms with Crippen molar-refractivity contribution >= 4 is 29.3 Å².